The normalized spacial score (nSPS) is 11.8. The van der Waals surface area contributed by atoms with Crippen molar-refractivity contribution in [2.45, 2.75) is 32.8 Å². The minimum atomic E-state index is -0.724. The lowest BCUT2D eigenvalue weighted by molar-refractivity contribution is 0.0603. The molecule has 0 atom stereocenters. The molecule has 0 heterocycles. The number of benzene rings is 1. The van der Waals surface area contributed by atoms with Crippen LogP contribution in [-0.4, -0.2) is 29.1 Å². The van der Waals surface area contributed by atoms with E-state index >= 15 is 0 Å². The van der Waals surface area contributed by atoms with E-state index in [1.807, 2.05) is 6.07 Å². The Bertz CT molecular complexity index is 551. The summed E-state index contributed by atoms with van der Waals surface area (Å²) in [6.45, 7) is 4.90. The zero-order valence-corrected chi connectivity index (χ0v) is 11.9. The quantitative estimate of drug-likeness (QED) is 0.858. The average Bonchev–Trinajstić information content (AvgIpc) is 2.36. The van der Waals surface area contributed by atoms with Crippen molar-refractivity contribution in [2.24, 2.45) is 4.99 Å². The summed E-state index contributed by atoms with van der Waals surface area (Å²) in [5, 5.41) is 18.1. The Balaban J connectivity index is 2.81. The molecule has 0 unspecified atom stereocenters. The Kier molecular flexibility index (Phi) is 5.42. The highest BCUT2D eigenvalue weighted by Crippen LogP contribution is 2.10. The third-order valence-corrected chi connectivity index (χ3v) is 2.29. The van der Waals surface area contributed by atoms with Crippen molar-refractivity contribution in [1.29, 1.82) is 5.26 Å². The second-order valence-electron chi connectivity index (χ2n) is 5.31. The van der Waals surface area contributed by atoms with Crippen molar-refractivity contribution < 1.29 is 14.6 Å². The van der Waals surface area contributed by atoms with E-state index in [0.29, 0.717) is 17.7 Å². The van der Waals surface area contributed by atoms with Gasteiger partial charge in [-0.25, -0.2) is 4.79 Å². The number of ether oxygens (including phenoxy) is 1. The first-order valence-corrected chi connectivity index (χ1v) is 6.23. The highest BCUT2D eigenvalue weighted by Gasteiger charge is 2.16. The SMILES string of the molecule is CC(C)(C)OC(=O)/N=C(\CO)Cc1cccc(C#N)c1. The van der Waals surface area contributed by atoms with Crippen LogP contribution >= 0.6 is 0 Å². The van der Waals surface area contributed by atoms with Gasteiger partial charge in [0.05, 0.1) is 24.0 Å². The topological polar surface area (TPSA) is 82.7 Å². The molecule has 0 spiro atoms. The number of aliphatic imine (C=N–C) groups is 1. The summed E-state index contributed by atoms with van der Waals surface area (Å²) in [7, 11) is 0. The molecule has 0 saturated heterocycles. The molecule has 5 heteroatoms. The van der Waals surface area contributed by atoms with Crippen LogP contribution in [0.2, 0.25) is 0 Å². The van der Waals surface area contributed by atoms with Crippen LogP contribution in [0.3, 0.4) is 0 Å². The summed E-state index contributed by atoms with van der Waals surface area (Å²) in [5.41, 5.74) is 1.01. The Labute approximate surface area is 118 Å². The molecule has 0 aliphatic heterocycles. The van der Waals surface area contributed by atoms with E-state index < -0.39 is 11.7 Å². The Hall–Kier alpha value is -2.19. The summed E-state index contributed by atoms with van der Waals surface area (Å²) in [6, 6.07) is 8.97. The molecule has 20 heavy (non-hydrogen) atoms. The third kappa shape index (κ3) is 5.63. The van der Waals surface area contributed by atoms with Crippen LogP contribution in [0.15, 0.2) is 29.3 Å². The molecule has 1 aromatic rings. The number of rotatable bonds is 3. The Morgan fingerprint density at radius 2 is 2.15 bits per heavy atom. The molecule has 1 aromatic carbocycles. The summed E-state index contributed by atoms with van der Waals surface area (Å²) in [4.78, 5) is 15.3. The van der Waals surface area contributed by atoms with Crippen molar-refractivity contribution in [1.82, 2.24) is 0 Å². The number of carbonyl (C=O) groups excluding carboxylic acids is 1. The maximum Gasteiger partial charge on any atom is 0.434 e. The second-order valence-corrected chi connectivity index (χ2v) is 5.31. The average molecular weight is 274 g/mol. The minimum Gasteiger partial charge on any atom is -0.442 e. The van der Waals surface area contributed by atoms with Crippen LogP contribution in [-0.2, 0) is 11.2 Å². The fraction of sp³-hybridized carbons (Fsp3) is 0.400. The second kappa shape index (κ2) is 6.83. The van der Waals surface area contributed by atoms with Gasteiger partial charge in [0, 0.05) is 6.42 Å². The van der Waals surface area contributed by atoms with Crippen LogP contribution in [0.4, 0.5) is 4.79 Å². The number of carbonyl (C=O) groups is 1. The molecular formula is C15H18N2O3. The van der Waals surface area contributed by atoms with Crippen LogP contribution in [0.5, 0.6) is 0 Å². The van der Waals surface area contributed by atoms with E-state index in [1.54, 1.807) is 45.0 Å². The lowest BCUT2D eigenvalue weighted by Crippen LogP contribution is -2.23. The van der Waals surface area contributed by atoms with Crippen molar-refractivity contribution in [3.05, 3.63) is 35.4 Å². The summed E-state index contributed by atoms with van der Waals surface area (Å²) >= 11 is 0. The molecule has 1 N–H and O–H groups in total. The molecular weight excluding hydrogens is 256 g/mol. The number of nitrogens with zero attached hydrogens (tertiary/aromatic N) is 2. The molecule has 5 nitrogen and oxygen atoms in total. The van der Waals surface area contributed by atoms with Gasteiger partial charge >= 0.3 is 6.09 Å². The van der Waals surface area contributed by atoms with Gasteiger partial charge in [-0.2, -0.15) is 10.3 Å². The zero-order chi connectivity index (χ0) is 15.2. The van der Waals surface area contributed by atoms with Crippen LogP contribution in [0.25, 0.3) is 0 Å². The highest BCUT2D eigenvalue weighted by molar-refractivity contribution is 5.95. The van der Waals surface area contributed by atoms with Gasteiger partial charge in [-0.15, -0.1) is 0 Å². The van der Waals surface area contributed by atoms with Crippen LogP contribution < -0.4 is 0 Å². The lowest BCUT2D eigenvalue weighted by atomic mass is 10.1. The third-order valence-electron chi connectivity index (χ3n) is 2.29. The van der Waals surface area contributed by atoms with Gasteiger partial charge in [0.25, 0.3) is 0 Å². The maximum atomic E-state index is 11.6. The maximum absolute atomic E-state index is 11.6. The fourth-order valence-electron chi connectivity index (χ4n) is 1.53. The van der Waals surface area contributed by atoms with Gasteiger partial charge in [-0.1, -0.05) is 12.1 Å². The molecule has 0 aliphatic carbocycles. The number of hydrogen-bond donors (Lipinski definition) is 1. The lowest BCUT2D eigenvalue weighted by Gasteiger charge is -2.17. The van der Waals surface area contributed by atoms with Crippen molar-refractivity contribution >= 4 is 11.8 Å². The summed E-state index contributed by atoms with van der Waals surface area (Å²) in [5.74, 6) is 0. The number of aliphatic hydroxyl groups is 1. The van der Waals surface area contributed by atoms with E-state index in [4.69, 9.17) is 10.00 Å². The van der Waals surface area contributed by atoms with Crippen molar-refractivity contribution in [2.75, 3.05) is 6.61 Å². The Morgan fingerprint density at radius 3 is 2.70 bits per heavy atom. The molecule has 1 amide bonds. The van der Waals surface area contributed by atoms with Gasteiger partial charge in [0.1, 0.15) is 5.60 Å². The number of nitriles is 1. The minimum absolute atomic E-state index is 0.297. The van der Waals surface area contributed by atoms with E-state index in [9.17, 15) is 9.90 Å². The van der Waals surface area contributed by atoms with Gasteiger partial charge in [-0.3, -0.25) is 0 Å². The first-order chi connectivity index (χ1) is 9.34. The molecule has 106 valence electrons. The van der Waals surface area contributed by atoms with Crippen LogP contribution in [0.1, 0.15) is 31.9 Å². The predicted molar refractivity (Wildman–Crippen MR) is 75.6 cm³/mol. The smallest absolute Gasteiger partial charge is 0.434 e. The molecule has 0 bridgehead atoms. The first-order valence-electron chi connectivity index (χ1n) is 6.23. The number of amides is 1. The Morgan fingerprint density at radius 1 is 1.45 bits per heavy atom. The van der Waals surface area contributed by atoms with E-state index in [1.165, 1.54) is 0 Å². The summed E-state index contributed by atoms with van der Waals surface area (Å²) < 4.78 is 5.06. The molecule has 0 aliphatic rings. The fourth-order valence-corrected chi connectivity index (χ4v) is 1.53. The molecule has 1 rings (SSSR count). The molecule has 0 aromatic heterocycles. The zero-order valence-electron chi connectivity index (χ0n) is 11.9. The number of hydrogen-bond acceptors (Lipinski definition) is 4. The molecule has 0 saturated carbocycles. The first kappa shape index (κ1) is 15.9. The van der Waals surface area contributed by atoms with E-state index in [2.05, 4.69) is 4.99 Å². The standard InChI is InChI=1S/C15H18N2O3/c1-15(2,3)20-14(19)17-13(10-18)8-11-5-4-6-12(7-11)9-16/h4-7,18H,8,10H2,1-3H3/b17-13-. The van der Waals surface area contributed by atoms with E-state index in [-0.39, 0.29) is 6.61 Å². The summed E-state index contributed by atoms with van der Waals surface area (Å²) in [6.07, 6.45) is -0.427. The monoisotopic (exact) mass is 274 g/mol. The van der Waals surface area contributed by atoms with Crippen LogP contribution in [0, 0.1) is 11.3 Å². The van der Waals surface area contributed by atoms with E-state index in [0.717, 1.165) is 5.56 Å². The van der Waals surface area contributed by atoms with Crippen molar-refractivity contribution in [3.8, 4) is 6.07 Å². The molecule has 0 radical (unpaired) electrons. The molecule has 0 fully saturated rings. The van der Waals surface area contributed by atoms with Gasteiger partial charge in [0.15, 0.2) is 0 Å². The van der Waals surface area contributed by atoms with Gasteiger partial charge in [-0.05, 0) is 38.5 Å². The largest absolute Gasteiger partial charge is 0.442 e. The number of aliphatic hydroxyl groups excluding tert-OH is 1. The highest BCUT2D eigenvalue weighted by atomic mass is 16.6. The van der Waals surface area contributed by atoms with Gasteiger partial charge in [0.2, 0.25) is 0 Å². The predicted octanol–water partition coefficient (Wildman–Crippen LogP) is 2.47. The van der Waals surface area contributed by atoms with Crippen molar-refractivity contribution in [3.63, 3.8) is 0 Å². The van der Waals surface area contributed by atoms with Gasteiger partial charge < -0.3 is 9.84 Å².